The second kappa shape index (κ2) is 14.1. The number of pyridine rings is 3. The molecule has 44 heavy (non-hydrogen) atoms. The molecule has 0 amide bonds. The minimum absolute atomic E-state index is 0. The quantitative estimate of drug-likeness (QED) is 0.130. The third-order valence-electron chi connectivity index (χ3n) is 8.39. The second-order valence-corrected chi connectivity index (χ2v) is 17.7. The number of hydrogen-bond acceptors (Lipinski definition) is 4. The van der Waals surface area contributed by atoms with E-state index in [9.17, 15) is 0 Å². The number of rotatable bonds is 5. The molecule has 4 aromatic heterocycles. The zero-order valence-corrected chi connectivity index (χ0v) is 29.4. The third kappa shape index (κ3) is 7.26. The van der Waals surface area contributed by atoms with Crippen molar-refractivity contribution in [2.45, 2.75) is 65.1 Å². The summed E-state index contributed by atoms with van der Waals surface area (Å²) in [6, 6.07) is 28.9. The Hall–Kier alpha value is -3.44. The fourth-order valence-corrected chi connectivity index (χ4v) is 7.79. The predicted octanol–water partition coefficient (Wildman–Crippen LogP) is 9.37. The monoisotopic (exact) mass is 774 g/mol. The number of nitrogens with zero attached hydrogens (tertiary/aromatic N) is 3. The largest absolute Gasteiger partial charge is 0.499 e. The Balaban J connectivity index is 0.000000172. The van der Waals surface area contributed by atoms with Crippen molar-refractivity contribution in [3.63, 3.8) is 0 Å². The predicted molar refractivity (Wildman–Crippen MR) is 180 cm³/mol. The summed E-state index contributed by atoms with van der Waals surface area (Å²) in [5, 5.41) is 3.70. The van der Waals surface area contributed by atoms with Gasteiger partial charge in [-0.05, 0) is 48.0 Å². The molecule has 6 heteroatoms. The first-order chi connectivity index (χ1) is 20.9. The second-order valence-electron chi connectivity index (χ2n) is 12.7. The van der Waals surface area contributed by atoms with Crippen LogP contribution in [0.5, 0.6) is 0 Å². The molecule has 0 atom stereocenters. The average molecular weight is 774 g/mol. The number of aryl methyl sites for hydroxylation is 1. The van der Waals surface area contributed by atoms with E-state index in [-0.39, 0.29) is 20.1 Å². The van der Waals surface area contributed by atoms with Gasteiger partial charge < -0.3 is 14.4 Å². The van der Waals surface area contributed by atoms with Crippen LogP contribution >= 0.6 is 0 Å². The van der Waals surface area contributed by atoms with E-state index in [4.69, 9.17) is 9.40 Å². The summed E-state index contributed by atoms with van der Waals surface area (Å²) >= 11 is 0. The molecule has 1 saturated carbocycles. The summed E-state index contributed by atoms with van der Waals surface area (Å²) < 4.78 is 5.96. The first kappa shape index (κ1) is 32.0. The molecule has 1 radical (unpaired) electrons. The molecule has 0 aliphatic heterocycles. The van der Waals surface area contributed by atoms with Crippen molar-refractivity contribution in [3.05, 3.63) is 109 Å². The topological polar surface area (TPSA) is 51.8 Å². The van der Waals surface area contributed by atoms with Gasteiger partial charge in [0.05, 0.1) is 19.9 Å². The molecule has 4 heterocycles. The Bertz CT molecular complexity index is 1820. The van der Waals surface area contributed by atoms with Crippen molar-refractivity contribution in [1.82, 2.24) is 15.0 Å². The smallest absolute Gasteiger partial charge is 0.139 e. The van der Waals surface area contributed by atoms with E-state index >= 15 is 0 Å². The summed E-state index contributed by atoms with van der Waals surface area (Å²) in [4.78, 5) is 13.4. The van der Waals surface area contributed by atoms with Gasteiger partial charge in [0, 0.05) is 43.6 Å². The molecule has 0 saturated heterocycles. The van der Waals surface area contributed by atoms with Crippen LogP contribution in [0.25, 0.3) is 44.5 Å². The van der Waals surface area contributed by atoms with Crippen LogP contribution in [0.4, 0.5) is 0 Å². The number of furan rings is 1. The van der Waals surface area contributed by atoms with Crippen LogP contribution in [0.15, 0.2) is 89.7 Å². The molecule has 1 fully saturated rings. The van der Waals surface area contributed by atoms with E-state index in [1.807, 2.05) is 55.5 Å². The van der Waals surface area contributed by atoms with E-state index in [0.717, 1.165) is 56.1 Å². The summed E-state index contributed by atoms with van der Waals surface area (Å²) in [5.41, 5.74) is 8.08. The average Bonchev–Trinajstić information content (AvgIpc) is 3.40. The van der Waals surface area contributed by atoms with Crippen LogP contribution in [0.2, 0.25) is 19.6 Å². The maximum Gasteiger partial charge on any atom is 0.139 e. The van der Waals surface area contributed by atoms with Crippen molar-refractivity contribution in [3.8, 4) is 22.5 Å². The molecule has 0 spiro atoms. The van der Waals surface area contributed by atoms with Crippen molar-refractivity contribution < 1.29 is 24.5 Å². The molecule has 7 rings (SSSR count). The van der Waals surface area contributed by atoms with Gasteiger partial charge in [-0.25, -0.2) is 0 Å². The Morgan fingerprint density at radius 1 is 0.818 bits per heavy atom. The first-order valence-electron chi connectivity index (χ1n) is 15.4. The molecule has 1 aliphatic rings. The van der Waals surface area contributed by atoms with Gasteiger partial charge in [-0.3, -0.25) is 4.98 Å². The number of aromatic nitrogens is 3. The summed E-state index contributed by atoms with van der Waals surface area (Å²) in [5.74, 6) is 0.869. The normalized spacial score (nSPS) is 13.7. The van der Waals surface area contributed by atoms with Gasteiger partial charge in [0.1, 0.15) is 5.58 Å². The summed E-state index contributed by atoms with van der Waals surface area (Å²) in [6.07, 6.45) is 14.0. The maximum absolute atomic E-state index is 5.96. The van der Waals surface area contributed by atoms with Crippen LogP contribution in [0, 0.1) is 25.0 Å². The van der Waals surface area contributed by atoms with E-state index in [2.05, 4.69) is 66.1 Å². The molecule has 2 aromatic carbocycles. The molecule has 6 aromatic rings. The van der Waals surface area contributed by atoms with Crippen molar-refractivity contribution in [2.24, 2.45) is 5.92 Å². The van der Waals surface area contributed by atoms with Crippen LogP contribution in [0.1, 0.15) is 43.4 Å². The van der Waals surface area contributed by atoms with Crippen molar-refractivity contribution >= 4 is 35.2 Å². The molecule has 4 nitrogen and oxygen atoms in total. The number of benzene rings is 2. The Labute approximate surface area is 275 Å². The molecule has 0 unspecified atom stereocenters. The van der Waals surface area contributed by atoms with E-state index in [1.165, 1.54) is 38.5 Å². The first-order valence-corrected chi connectivity index (χ1v) is 18.9. The zero-order chi connectivity index (χ0) is 29.8. The Morgan fingerprint density at radius 2 is 1.64 bits per heavy atom. The van der Waals surface area contributed by atoms with Crippen molar-refractivity contribution in [2.75, 3.05) is 0 Å². The van der Waals surface area contributed by atoms with E-state index in [1.54, 1.807) is 23.1 Å². The standard InChI is InChI=1S/C21H28NSi.C17H11N2O.Ir/c1-23(2,3)21-16-22-20(18-12-8-5-9-13-18)15-19(21)14-17-10-6-4-7-11-17;1-11-9-14-12-5-4-6-13(15-7-2-3-8-18-15)17(12)20-16(14)10-19-11;/h5,8-9,12,15-17H,4,6-7,10-11,14H2,1-3H3;2-5,7-10H,1H3;/q2*-1;. The Kier molecular flexibility index (Phi) is 10.3. The van der Waals surface area contributed by atoms with Crippen LogP contribution in [0.3, 0.4) is 0 Å². The van der Waals surface area contributed by atoms with Gasteiger partial charge in [-0.15, -0.1) is 54.1 Å². The van der Waals surface area contributed by atoms with Gasteiger partial charge in [0.25, 0.3) is 0 Å². The van der Waals surface area contributed by atoms with Gasteiger partial charge >= 0.3 is 0 Å². The van der Waals surface area contributed by atoms with Crippen LogP contribution in [-0.4, -0.2) is 23.0 Å². The van der Waals surface area contributed by atoms with Gasteiger partial charge in [0.15, 0.2) is 0 Å². The van der Waals surface area contributed by atoms with E-state index in [0.29, 0.717) is 0 Å². The molecular formula is C38H39IrN3OSi-2. The minimum atomic E-state index is -1.36. The van der Waals surface area contributed by atoms with E-state index < -0.39 is 8.07 Å². The molecule has 1 aliphatic carbocycles. The molecule has 227 valence electrons. The fourth-order valence-electron chi connectivity index (χ4n) is 6.20. The van der Waals surface area contributed by atoms with Gasteiger partial charge in [-0.1, -0.05) is 86.5 Å². The summed E-state index contributed by atoms with van der Waals surface area (Å²) in [7, 11) is -1.36. The SMILES string of the molecule is C[Si](C)(C)c1cnc(-c2[c-]cccc2)cc1CC1CCCCC1.Cc1cc2c(cn1)oc1c(-c3ccccn3)[c-]ccc12.[Ir]. The molecule has 0 N–H and O–H groups in total. The maximum atomic E-state index is 5.96. The summed E-state index contributed by atoms with van der Waals surface area (Å²) in [6.45, 7) is 9.28. The van der Waals surface area contributed by atoms with Gasteiger partial charge in [-0.2, -0.15) is 0 Å². The fraction of sp³-hybridized carbons (Fsp3) is 0.289. The van der Waals surface area contributed by atoms with Crippen LogP contribution < -0.4 is 5.19 Å². The van der Waals surface area contributed by atoms with Crippen molar-refractivity contribution in [1.29, 1.82) is 0 Å². The molecule has 0 bridgehead atoms. The molecular weight excluding hydrogens is 735 g/mol. The minimum Gasteiger partial charge on any atom is -0.499 e. The zero-order valence-electron chi connectivity index (χ0n) is 26.0. The Morgan fingerprint density at radius 3 is 2.36 bits per heavy atom. The van der Waals surface area contributed by atoms with Gasteiger partial charge in [0.2, 0.25) is 0 Å². The number of fused-ring (bicyclic) bond motifs is 3. The number of hydrogen-bond donors (Lipinski definition) is 0. The third-order valence-corrected chi connectivity index (χ3v) is 10.5. The van der Waals surface area contributed by atoms with Crippen LogP contribution in [-0.2, 0) is 26.5 Å².